The molecule has 0 N–H and O–H groups in total. The maximum atomic E-state index is 10.6. The molecule has 0 fully saturated rings. The topological polar surface area (TPSA) is 61.1 Å². The van der Waals surface area contributed by atoms with Crippen molar-refractivity contribution in [3.05, 3.63) is 42.1 Å². The number of benzene rings is 1. The Morgan fingerprint density at radius 1 is 1.28 bits per heavy atom. The monoisotopic (exact) mass is 265 g/mol. The average molecular weight is 265 g/mol. The van der Waals surface area contributed by atoms with Crippen molar-refractivity contribution >= 4 is 21.0 Å². The van der Waals surface area contributed by atoms with E-state index in [9.17, 15) is 13.0 Å². The molecule has 2 aromatic rings. The van der Waals surface area contributed by atoms with Crippen molar-refractivity contribution in [1.82, 2.24) is 0 Å². The Labute approximate surface area is 107 Å². The zero-order valence-corrected chi connectivity index (χ0v) is 11.0. The normalized spacial score (nSPS) is 11.9. The maximum absolute atomic E-state index is 10.6. The summed E-state index contributed by atoms with van der Waals surface area (Å²) in [5, 5.41) is 1.11. The lowest BCUT2D eigenvalue weighted by Gasteiger charge is -2.05. The Balaban J connectivity index is 2.23. The lowest BCUT2D eigenvalue weighted by molar-refractivity contribution is -0.671. The number of pyridine rings is 1. The molecule has 1 heterocycles. The van der Waals surface area contributed by atoms with Crippen LogP contribution in [0.2, 0.25) is 0 Å². The predicted octanol–water partition coefficient (Wildman–Crippen LogP) is 1.37. The van der Waals surface area contributed by atoms with E-state index in [0.717, 1.165) is 10.9 Å². The zero-order valence-electron chi connectivity index (χ0n) is 10.2. The molecular weight excluding hydrogens is 250 g/mol. The van der Waals surface area contributed by atoms with Crippen LogP contribution in [0.4, 0.5) is 0 Å². The van der Waals surface area contributed by atoms with Gasteiger partial charge in [-0.25, -0.2) is 8.42 Å². The molecule has 0 saturated carbocycles. The van der Waals surface area contributed by atoms with Crippen molar-refractivity contribution in [2.75, 3.05) is 5.75 Å². The summed E-state index contributed by atoms with van der Waals surface area (Å²) < 4.78 is 33.7. The van der Waals surface area contributed by atoms with Crippen molar-refractivity contribution in [2.24, 2.45) is 0 Å². The standard InChI is InChI=1S/C13H15NO3S/c1-11-5-6-13-12(10-11)4-2-7-14(13)8-3-9-18(15,16)17/h2,4-7,10H,3,8-9H2,1H3. The van der Waals surface area contributed by atoms with E-state index >= 15 is 0 Å². The van der Waals surface area contributed by atoms with E-state index in [1.54, 1.807) is 0 Å². The molecule has 0 atom stereocenters. The van der Waals surface area contributed by atoms with Crippen molar-refractivity contribution in [2.45, 2.75) is 19.9 Å². The highest BCUT2D eigenvalue weighted by Gasteiger charge is 2.08. The molecular formula is C13H15NO3S. The SMILES string of the molecule is Cc1ccc2c(ccc[n+]2CCCS(=O)(=O)[O-])c1. The smallest absolute Gasteiger partial charge is 0.212 e. The fourth-order valence-electron chi connectivity index (χ4n) is 2.01. The summed E-state index contributed by atoms with van der Waals surface area (Å²) in [7, 11) is -4.12. The van der Waals surface area contributed by atoms with E-state index in [1.807, 2.05) is 42.0 Å². The summed E-state index contributed by atoms with van der Waals surface area (Å²) >= 11 is 0. The third-order valence-corrected chi connectivity index (χ3v) is 3.62. The third-order valence-electron chi connectivity index (χ3n) is 2.83. The van der Waals surface area contributed by atoms with Gasteiger partial charge in [-0.05, 0) is 19.1 Å². The van der Waals surface area contributed by atoms with Gasteiger partial charge in [0.15, 0.2) is 6.20 Å². The molecule has 1 aromatic heterocycles. The second kappa shape index (κ2) is 5.04. The molecule has 0 radical (unpaired) electrons. The molecule has 0 aliphatic heterocycles. The van der Waals surface area contributed by atoms with Gasteiger partial charge in [0, 0.05) is 29.7 Å². The van der Waals surface area contributed by atoms with Crippen LogP contribution in [0.25, 0.3) is 10.9 Å². The largest absolute Gasteiger partial charge is 0.748 e. The number of aryl methyl sites for hydroxylation is 2. The first-order valence-electron chi connectivity index (χ1n) is 5.78. The van der Waals surface area contributed by atoms with Gasteiger partial charge in [0.25, 0.3) is 0 Å². The highest BCUT2D eigenvalue weighted by atomic mass is 32.2. The first-order chi connectivity index (χ1) is 8.46. The molecule has 0 bridgehead atoms. The minimum absolute atomic E-state index is 0.317. The molecule has 5 heteroatoms. The van der Waals surface area contributed by atoms with Gasteiger partial charge in [-0.3, -0.25) is 0 Å². The van der Waals surface area contributed by atoms with E-state index in [4.69, 9.17) is 0 Å². The summed E-state index contributed by atoms with van der Waals surface area (Å²) in [4.78, 5) is 0. The first kappa shape index (κ1) is 13.0. The Hall–Kier alpha value is -1.46. The predicted molar refractivity (Wildman–Crippen MR) is 68.1 cm³/mol. The lowest BCUT2D eigenvalue weighted by atomic mass is 10.1. The summed E-state index contributed by atoms with van der Waals surface area (Å²) in [5.41, 5.74) is 2.23. The number of hydrogen-bond donors (Lipinski definition) is 0. The number of hydrogen-bond acceptors (Lipinski definition) is 3. The molecule has 0 saturated heterocycles. The average Bonchev–Trinajstić information content (AvgIpc) is 2.27. The second-order valence-corrected chi connectivity index (χ2v) is 5.90. The number of aromatic nitrogens is 1. The van der Waals surface area contributed by atoms with Crippen molar-refractivity contribution < 1.29 is 17.5 Å². The fraction of sp³-hybridized carbons (Fsp3) is 0.308. The van der Waals surface area contributed by atoms with E-state index in [1.165, 1.54) is 5.56 Å². The number of fused-ring (bicyclic) bond motifs is 1. The van der Waals surface area contributed by atoms with Gasteiger partial charge < -0.3 is 4.55 Å². The maximum Gasteiger partial charge on any atom is 0.212 e. The summed E-state index contributed by atoms with van der Waals surface area (Å²) in [5.74, 6) is -0.317. The van der Waals surface area contributed by atoms with E-state index in [0.29, 0.717) is 13.0 Å². The molecule has 2 rings (SSSR count). The minimum Gasteiger partial charge on any atom is -0.748 e. The molecule has 0 aliphatic carbocycles. The van der Waals surface area contributed by atoms with Crippen LogP contribution in [0.5, 0.6) is 0 Å². The fourth-order valence-corrected chi connectivity index (χ4v) is 2.49. The molecule has 0 spiro atoms. The molecule has 1 aromatic carbocycles. The van der Waals surface area contributed by atoms with Gasteiger partial charge in [0.05, 0.1) is 10.1 Å². The molecule has 0 amide bonds. The van der Waals surface area contributed by atoms with Gasteiger partial charge in [-0.1, -0.05) is 11.6 Å². The van der Waals surface area contributed by atoms with Gasteiger partial charge in [0.2, 0.25) is 5.52 Å². The molecule has 18 heavy (non-hydrogen) atoms. The van der Waals surface area contributed by atoms with E-state index in [2.05, 4.69) is 6.07 Å². The van der Waals surface area contributed by atoms with Crippen LogP contribution < -0.4 is 4.57 Å². The Kier molecular flexibility index (Phi) is 3.63. The summed E-state index contributed by atoms with van der Waals surface area (Å²) in [6.07, 6.45) is 2.23. The van der Waals surface area contributed by atoms with Gasteiger partial charge in [0.1, 0.15) is 6.54 Å². The van der Waals surface area contributed by atoms with E-state index in [-0.39, 0.29) is 5.75 Å². The first-order valence-corrected chi connectivity index (χ1v) is 7.36. The Morgan fingerprint density at radius 3 is 2.78 bits per heavy atom. The molecule has 4 nitrogen and oxygen atoms in total. The van der Waals surface area contributed by atoms with Crippen LogP contribution in [-0.2, 0) is 16.7 Å². The molecule has 0 unspecified atom stereocenters. The van der Waals surface area contributed by atoms with Crippen LogP contribution in [0.1, 0.15) is 12.0 Å². The Morgan fingerprint density at radius 2 is 2.06 bits per heavy atom. The highest BCUT2D eigenvalue weighted by molar-refractivity contribution is 7.85. The highest BCUT2D eigenvalue weighted by Crippen LogP contribution is 2.11. The van der Waals surface area contributed by atoms with Crippen molar-refractivity contribution in [3.63, 3.8) is 0 Å². The minimum atomic E-state index is -4.12. The van der Waals surface area contributed by atoms with Gasteiger partial charge in [-0.2, -0.15) is 4.57 Å². The second-order valence-electron chi connectivity index (χ2n) is 4.38. The van der Waals surface area contributed by atoms with Gasteiger partial charge >= 0.3 is 0 Å². The Bertz CT molecular complexity index is 665. The van der Waals surface area contributed by atoms with Crippen LogP contribution in [0.15, 0.2) is 36.5 Å². The number of rotatable bonds is 4. The van der Waals surface area contributed by atoms with Crippen LogP contribution in [0.3, 0.4) is 0 Å². The van der Waals surface area contributed by atoms with Crippen molar-refractivity contribution in [3.8, 4) is 0 Å². The lowest BCUT2D eigenvalue weighted by Crippen LogP contribution is -2.34. The zero-order chi connectivity index (χ0) is 13.2. The molecule has 96 valence electrons. The van der Waals surface area contributed by atoms with Gasteiger partial charge in [-0.15, -0.1) is 0 Å². The summed E-state index contributed by atoms with van der Waals surface area (Å²) in [6, 6.07) is 10.0. The number of nitrogens with zero attached hydrogens (tertiary/aromatic N) is 1. The van der Waals surface area contributed by atoms with Crippen LogP contribution in [-0.4, -0.2) is 18.7 Å². The quantitative estimate of drug-likeness (QED) is 0.619. The van der Waals surface area contributed by atoms with Crippen LogP contribution in [0, 0.1) is 6.92 Å². The van der Waals surface area contributed by atoms with E-state index < -0.39 is 10.1 Å². The van der Waals surface area contributed by atoms with Crippen LogP contribution >= 0.6 is 0 Å². The summed E-state index contributed by atoms with van der Waals surface area (Å²) in [6.45, 7) is 2.56. The third kappa shape index (κ3) is 3.27. The van der Waals surface area contributed by atoms with Crippen molar-refractivity contribution in [1.29, 1.82) is 0 Å². The molecule has 0 aliphatic rings.